The second-order valence-electron chi connectivity index (χ2n) is 8.36. The number of amides is 1. The standard InChI is InChI=1S/C25H25FN4O2/c1-32-19-7-4-16(5-8-19)25(31)30-15-18-3-2-11-28-24(18)29-22-9-6-17(13-23(22)30)20-10-12-27-14-21(20)26/h2-3,6,9-14,16,19H,4-5,7-8,15H2,1H3,(H,28,29). The summed E-state index contributed by atoms with van der Waals surface area (Å²) in [5.74, 6) is 0.366. The molecule has 1 saturated carbocycles. The minimum atomic E-state index is -0.394. The first-order valence-corrected chi connectivity index (χ1v) is 10.9. The third-order valence-corrected chi connectivity index (χ3v) is 6.47. The number of fused-ring (bicyclic) bond motifs is 2. The fourth-order valence-corrected chi connectivity index (χ4v) is 4.66. The maximum atomic E-state index is 14.4. The van der Waals surface area contributed by atoms with E-state index in [9.17, 15) is 9.18 Å². The highest BCUT2D eigenvalue weighted by molar-refractivity contribution is 6.00. The van der Waals surface area contributed by atoms with Crippen LogP contribution in [0, 0.1) is 11.7 Å². The highest BCUT2D eigenvalue weighted by atomic mass is 19.1. The van der Waals surface area contributed by atoms with E-state index in [1.165, 1.54) is 6.20 Å². The van der Waals surface area contributed by atoms with Crippen LogP contribution in [0.25, 0.3) is 11.1 Å². The lowest BCUT2D eigenvalue weighted by molar-refractivity contribution is -0.124. The molecule has 0 atom stereocenters. The molecule has 2 aromatic heterocycles. The third kappa shape index (κ3) is 3.84. The molecule has 0 bridgehead atoms. The maximum Gasteiger partial charge on any atom is 0.230 e. The van der Waals surface area contributed by atoms with Crippen molar-refractivity contribution in [1.29, 1.82) is 0 Å². The number of aromatic nitrogens is 2. The van der Waals surface area contributed by atoms with Crippen molar-refractivity contribution in [3.63, 3.8) is 0 Å². The van der Waals surface area contributed by atoms with Crippen molar-refractivity contribution < 1.29 is 13.9 Å². The van der Waals surface area contributed by atoms with Gasteiger partial charge in [-0.25, -0.2) is 9.37 Å². The van der Waals surface area contributed by atoms with Gasteiger partial charge in [0.2, 0.25) is 5.91 Å². The monoisotopic (exact) mass is 432 g/mol. The molecule has 0 unspecified atom stereocenters. The van der Waals surface area contributed by atoms with E-state index >= 15 is 0 Å². The van der Waals surface area contributed by atoms with E-state index in [1.807, 2.05) is 35.2 Å². The largest absolute Gasteiger partial charge is 0.381 e. The van der Waals surface area contributed by atoms with Crippen molar-refractivity contribution in [3.05, 3.63) is 66.4 Å². The van der Waals surface area contributed by atoms with Gasteiger partial charge in [0.05, 0.1) is 30.2 Å². The highest BCUT2D eigenvalue weighted by Gasteiger charge is 2.33. The van der Waals surface area contributed by atoms with Gasteiger partial charge in [-0.2, -0.15) is 0 Å². The number of hydrogen-bond donors (Lipinski definition) is 1. The summed E-state index contributed by atoms with van der Waals surface area (Å²) in [4.78, 5) is 23.9. The van der Waals surface area contributed by atoms with Gasteiger partial charge in [0.25, 0.3) is 0 Å². The van der Waals surface area contributed by atoms with E-state index in [4.69, 9.17) is 4.74 Å². The Morgan fingerprint density at radius 2 is 2.00 bits per heavy atom. The lowest BCUT2D eigenvalue weighted by Crippen LogP contribution is -2.38. The van der Waals surface area contributed by atoms with Crippen molar-refractivity contribution in [2.45, 2.75) is 38.3 Å². The number of ether oxygens (including phenoxy) is 1. The molecule has 0 spiro atoms. The number of carbonyl (C=O) groups is 1. The molecule has 1 aliphatic heterocycles. The number of methoxy groups -OCH3 is 1. The molecule has 6 nitrogen and oxygen atoms in total. The topological polar surface area (TPSA) is 67.3 Å². The molecule has 1 fully saturated rings. The van der Waals surface area contributed by atoms with E-state index in [0.29, 0.717) is 17.7 Å². The average molecular weight is 432 g/mol. The zero-order valence-corrected chi connectivity index (χ0v) is 17.9. The Morgan fingerprint density at radius 1 is 1.16 bits per heavy atom. The van der Waals surface area contributed by atoms with E-state index in [-0.39, 0.29) is 17.9 Å². The van der Waals surface area contributed by atoms with Crippen molar-refractivity contribution in [2.24, 2.45) is 5.92 Å². The van der Waals surface area contributed by atoms with Crippen molar-refractivity contribution in [2.75, 3.05) is 17.3 Å². The van der Waals surface area contributed by atoms with Gasteiger partial charge in [-0.3, -0.25) is 9.78 Å². The van der Waals surface area contributed by atoms with Crippen LogP contribution in [0.2, 0.25) is 0 Å². The fraction of sp³-hybridized carbons (Fsp3) is 0.320. The summed E-state index contributed by atoms with van der Waals surface area (Å²) >= 11 is 0. The van der Waals surface area contributed by atoms with Gasteiger partial charge >= 0.3 is 0 Å². The Labute approximate surface area is 186 Å². The summed E-state index contributed by atoms with van der Waals surface area (Å²) in [7, 11) is 1.73. The Morgan fingerprint density at radius 3 is 2.78 bits per heavy atom. The predicted octanol–water partition coefficient (Wildman–Crippen LogP) is 5.08. The second-order valence-corrected chi connectivity index (χ2v) is 8.36. The van der Waals surface area contributed by atoms with Crippen LogP contribution in [0.5, 0.6) is 0 Å². The Balaban J connectivity index is 1.56. The molecular formula is C25H25FN4O2. The molecule has 1 aliphatic carbocycles. The van der Waals surface area contributed by atoms with Crippen LogP contribution in [0.4, 0.5) is 21.6 Å². The van der Waals surface area contributed by atoms with Gasteiger partial charge in [0.15, 0.2) is 0 Å². The van der Waals surface area contributed by atoms with Crippen molar-refractivity contribution >= 4 is 23.1 Å². The summed E-state index contributed by atoms with van der Waals surface area (Å²) in [5, 5.41) is 3.37. The van der Waals surface area contributed by atoms with E-state index in [2.05, 4.69) is 15.3 Å². The maximum absolute atomic E-state index is 14.4. The molecule has 1 aromatic carbocycles. The first kappa shape index (κ1) is 20.6. The molecule has 3 heterocycles. The second kappa shape index (κ2) is 8.67. The quantitative estimate of drug-likeness (QED) is 0.625. The SMILES string of the molecule is COC1CCC(C(=O)N2Cc3cccnc3Nc3ccc(-c4ccncc4F)cc32)CC1. The first-order valence-electron chi connectivity index (χ1n) is 10.9. The van der Waals surface area contributed by atoms with Crippen LogP contribution in [0.3, 0.4) is 0 Å². The molecule has 1 amide bonds. The number of benzene rings is 1. The summed E-state index contributed by atoms with van der Waals surface area (Å²) in [6, 6.07) is 11.1. The zero-order valence-electron chi connectivity index (χ0n) is 17.9. The van der Waals surface area contributed by atoms with Crippen LogP contribution in [0.15, 0.2) is 55.0 Å². The average Bonchev–Trinajstić information content (AvgIpc) is 3.00. The summed E-state index contributed by atoms with van der Waals surface area (Å²) in [6.45, 7) is 0.411. The van der Waals surface area contributed by atoms with Crippen LogP contribution in [0.1, 0.15) is 31.2 Å². The fourth-order valence-electron chi connectivity index (χ4n) is 4.66. The molecule has 5 rings (SSSR count). The lowest BCUT2D eigenvalue weighted by atomic mass is 9.86. The molecule has 0 saturated heterocycles. The van der Waals surface area contributed by atoms with Crippen molar-refractivity contribution in [3.8, 4) is 11.1 Å². The summed E-state index contributed by atoms with van der Waals surface area (Å²) in [5.41, 5.74) is 3.61. The third-order valence-electron chi connectivity index (χ3n) is 6.47. The molecule has 2 aliphatic rings. The molecule has 1 N–H and O–H groups in total. The van der Waals surface area contributed by atoms with Crippen LogP contribution < -0.4 is 10.2 Å². The number of nitrogens with one attached hydrogen (secondary N) is 1. The molecule has 3 aromatic rings. The number of hydrogen-bond acceptors (Lipinski definition) is 5. The van der Waals surface area contributed by atoms with E-state index in [1.54, 1.807) is 25.6 Å². The van der Waals surface area contributed by atoms with Gasteiger partial charge in [-0.15, -0.1) is 0 Å². The molecule has 164 valence electrons. The minimum absolute atomic E-state index is 0.0613. The number of nitrogens with zero attached hydrogens (tertiary/aromatic N) is 3. The smallest absolute Gasteiger partial charge is 0.230 e. The Bertz CT molecular complexity index is 1140. The van der Waals surface area contributed by atoms with Crippen LogP contribution in [-0.4, -0.2) is 29.1 Å². The number of halogens is 1. The summed E-state index contributed by atoms with van der Waals surface area (Å²) < 4.78 is 19.9. The molecule has 7 heteroatoms. The molecular weight excluding hydrogens is 407 g/mol. The Hall–Kier alpha value is -3.32. The van der Waals surface area contributed by atoms with Gasteiger partial charge in [0.1, 0.15) is 11.6 Å². The number of rotatable bonds is 3. The van der Waals surface area contributed by atoms with Crippen LogP contribution in [-0.2, 0) is 16.1 Å². The number of anilines is 3. The van der Waals surface area contributed by atoms with Gasteiger partial charge < -0.3 is 15.0 Å². The zero-order chi connectivity index (χ0) is 22.1. The van der Waals surface area contributed by atoms with Crippen molar-refractivity contribution in [1.82, 2.24) is 9.97 Å². The van der Waals surface area contributed by atoms with Gasteiger partial charge in [-0.05, 0) is 55.5 Å². The minimum Gasteiger partial charge on any atom is -0.381 e. The predicted molar refractivity (Wildman–Crippen MR) is 121 cm³/mol. The number of pyridine rings is 2. The molecule has 32 heavy (non-hydrogen) atoms. The number of carbonyl (C=O) groups excluding carboxylic acids is 1. The highest BCUT2D eigenvalue weighted by Crippen LogP contribution is 2.40. The van der Waals surface area contributed by atoms with Crippen LogP contribution >= 0.6 is 0 Å². The summed E-state index contributed by atoms with van der Waals surface area (Å²) in [6.07, 6.45) is 8.09. The normalized spacial score (nSPS) is 20.0. The molecule has 0 radical (unpaired) electrons. The van der Waals surface area contributed by atoms with E-state index in [0.717, 1.165) is 48.4 Å². The Kier molecular flexibility index (Phi) is 5.57. The van der Waals surface area contributed by atoms with Gasteiger partial charge in [-0.1, -0.05) is 12.1 Å². The van der Waals surface area contributed by atoms with Gasteiger partial charge in [0, 0.05) is 36.5 Å². The van der Waals surface area contributed by atoms with E-state index < -0.39 is 5.82 Å². The lowest BCUT2D eigenvalue weighted by Gasteiger charge is -2.32. The first-order chi connectivity index (χ1) is 15.6.